The number of anilines is 1. The van der Waals surface area contributed by atoms with Gasteiger partial charge in [0.1, 0.15) is 18.9 Å². The van der Waals surface area contributed by atoms with E-state index in [1.807, 2.05) is 0 Å². The Morgan fingerprint density at radius 3 is 2.68 bits per heavy atom. The second kappa shape index (κ2) is 9.19. The Balaban J connectivity index is 1.62. The number of amides is 1. The summed E-state index contributed by atoms with van der Waals surface area (Å²) in [7, 11) is 0. The molecule has 168 valence electrons. The Morgan fingerprint density at radius 1 is 1.29 bits per heavy atom. The van der Waals surface area contributed by atoms with Crippen LogP contribution < -0.4 is 20.5 Å². The van der Waals surface area contributed by atoms with Gasteiger partial charge in [0.05, 0.1) is 16.6 Å². The van der Waals surface area contributed by atoms with Gasteiger partial charge in [0.15, 0.2) is 11.5 Å². The van der Waals surface area contributed by atoms with Crippen LogP contribution in [-0.2, 0) is 0 Å². The number of ether oxygens (including phenoxy) is 2. The number of aromatic nitrogens is 2. The first kappa shape index (κ1) is 21.5. The predicted octanol–water partition coefficient (Wildman–Crippen LogP) is 3.45. The second-order valence-electron chi connectivity index (χ2n) is 7.61. The number of hydrogen-bond donors (Lipinski definition) is 2. The third-order valence-electron chi connectivity index (χ3n) is 5.53. The lowest BCUT2D eigenvalue weighted by Gasteiger charge is -2.31. The summed E-state index contributed by atoms with van der Waals surface area (Å²) < 4.78 is 18.1. The predicted molar refractivity (Wildman–Crippen MR) is 113 cm³/mol. The van der Waals surface area contributed by atoms with Crippen molar-refractivity contribution >= 4 is 23.4 Å². The first-order chi connectivity index (χ1) is 15.0. The number of likely N-dealkylation sites (tertiary alicyclic amines) is 1. The van der Waals surface area contributed by atoms with E-state index in [0.717, 1.165) is 38.9 Å². The number of halogens is 1. The topological polar surface area (TPSA) is 119 Å². The van der Waals surface area contributed by atoms with Gasteiger partial charge in [-0.15, -0.1) is 5.10 Å². The van der Waals surface area contributed by atoms with Crippen LogP contribution in [0.25, 0.3) is 11.5 Å². The van der Waals surface area contributed by atoms with Crippen molar-refractivity contribution in [1.82, 2.24) is 14.7 Å². The van der Waals surface area contributed by atoms with Crippen LogP contribution in [0.2, 0.25) is 5.02 Å². The molecule has 0 atom stereocenters. The van der Waals surface area contributed by atoms with Gasteiger partial charge in [-0.1, -0.05) is 24.9 Å². The van der Waals surface area contributed by atoms with E-state index in [1.165, 1.54) is 17.2 Å². The highest BCUT2D eigenvalue weighted by atomic mass is 35.5. The van der Waals surface area contributed by atoms with Crippen molar-refractivity contribution in [2.24, 2.45) is 0 Å². The zero-order valence-electron chi connectivity index (χ0n) is 17.2. The van der Waals surface area contributed by atoms with Crippen LogP contribution in [0.4, 0.5) is 10.5 Å². The van der Waals surface area contributed by atoms with Crippen molar-refractivity contribution in [3.63, 3.8) is 0 Å². The first-order valence-corrected chi connectivity index (χ1v) is 10.8. The number of nitrogens with zero attached hydrogens (tertiary/aromatic N) is 3. The fraction of sp³-hybridized carbons (Fsp3) is 0.550. The van der Waals surface area contributed by atoms with Gasteiger partial charge in [-0.3, -0.25) is 5.32 Å². The molecule has 1 aromatic carbocycles. The Morgan fingerprint density at radius 2 is 2.00 bits per heavy atom. The van der Waals surface area contributed by atoms with E-state index in [0.29, 0.717) is 5.56 Å². The second-order valence-corrected chi connectivity index (χ2v) is 8.02. The van der Waals surface area contributed by atoms with E-state index in [4.69, 9.17) is 30.6 Å². The molecule has 1 amide bonds. The SMILES string of the molecule is CCCCN1CCC(n2nc(-c3cc(Cl)c(NC(=O)O)c4c3OCCO4)oc2=O)CC1. The number of carbonyl (C=O) groups is 1. The summed E-state index contributed by atoms with van der Waals surface area (Å²) in [5.74, 6) is -0.0972. The summed E-state index contributed by atoms with van der Waals surface area (Å²) in [6.07, 6.45) is 2.67. The van der Waals surface area contributed by atoms with Crippen LogP contribution in [0.1, 0.15) is 38.6 Å². The van der Waals surface area contributed by atoms with Crippen LogP contribution in [0.15, 0.2) is 15.3 Å². The minimum Gasteiger partial charge on any atom is -0.485 e. The number of rotatable bonds is 6. The molecule has 2 aliphatic heterocycles. The summed E-state index contributed by atoms with van der Waals surface area (Å²) >= 11 is 6.29. The van der Waals surface area contributed by atoms with E-state index in [2.05, 4.69) is 22.2 Å². The summed E-state index contributed by atoms with van der Waals surface area (Å²) in [5.41, 5.74) is 0.417. The molecule has 1 fully saturated rings. The molecule has 0 spiro atoms. The molecule has 0 aliphatic carbocycles. The average Bonchev–Trinajstić information content (AvgIpc) is 3.15. The molecule has 1 aromatic heterocycles. The number of benzene rings is 1. The normalized spacial score (nSPS) is 17.0. The first-order valence-electron chi connectivity index (χ1n) is 10.4. The van der Waals surface area contributed by atoms with Gasteiger partial charge < -0.3 is 23.9 Å². The number of unbranched alkanes of at least 4 members (excludes halogenated alkanes) is 1. The summed E-state index contributed by atoms with van der Waals surface area (Å²) in [4.78, 5) is 26.1. The quantitative estimate of drug-likeness (QED) is 0.683. The third kappa shape index (κ3) is 4.49. The number of fused-ring (bicyclic) bond motifs is 1. The maximum atomic E-state index is 12.6. The number of carboxylic acid groups (broad SMARTS) is 1. The molecule has 4 rings (SSSR count). The summed E-state index contributed by atoms with van der Waals surface area (Å²) in [6, 6.07) is 1.42. The Labute approximate surface area is 183 Å². The average molecular weight is 453 g/mol. The van der Waals surface area contributed by atoms with Crippen molar-refractivity contribution < 1.29 is 23.8 Å². The van der Waals surface area contributed by atoms with Crippen molar-refractivity contribution in [3.05, 3.63) is 21.6 Å². The fourth-order valence-corrected chi connectivity index (χ4v) is 4.20. The lowest BCUT2D eigenvalue weighted by Crippen LogP contribution is -2.37. The minimum atomic E-state index is -1.29. The van der Waals surface area contributed by atoms with Gasteiger partial charge in [-0.25, -0.2) is 9.59 Å². The molecular formula is C20H25ClN4O6. The molecule has 0 bridgehead atoms. The summed E-state index contributed by atoms with van der Waals surface area (Å²) in [5, 5.41) is 15.8. The Bertz CT molecular complexity index is 1010. The summed E-state index contributed by atoms with van der Waals surface area (Å²) in [6.45, 7) is 5.56. The molecule has 10 nitrogen and oxygen atoms in total. The Kier molecular flexibility index (Phi) is 6.38. The highest BCUT2D eigenvalue weighted by Gasteiger charge is 2.29. The number of piperidine rings is 1. The third-order valence-corrected chi connectivity index (χ3v) is 5.82. The maximum Gasteiger partial charge on any atom is 0.437 e. The molecule has 11 heteroatoms. The lowest BCUT2D eigenvalue weighted by molar-refractivity contribution is 0.172. The van der Waals surface area contributed by atoms with E-state index in [1.54, 1.807) is 0 Å². The van der Waals surface area contributed by atoms with Gasteiger partial charge in [0.25, 0.3) is 5.89 Å². The molecule has 0 saturated carbocycles. The van der Waals surface area contributed by atoms with Gasteiger partial charge in [0, 0.05) is 13.1 Å². The fourth-order valence-electron chi connectivity index (χ4n) is 3.96. The van der Waals surface area contributed by atoms with Gasteiger partial charge in [-0.05, 0) is 31.9 Å². The molecule has 1 saturated heterocycles. The van der Waals surface area contributed by atoms with Crippen LogP contribution in [0, 0.1) is 0 Å². The molecule has 2 aliphatic rings. The van der Waals surface area contributed by atoms with E-state index in [9.17, 15) is 9.59 Å². The highest BCUT2D eigenvalue weighted by Crippen LogP contribution is 2.48. The molecule has 3 heterocycles. The molecule has 0 unspecified atom stereocenters. The maximum absolute atomic E-state index is 12.6. The van der Waals surface area contributed by atoms with Gasteiger partial charge in [-0.2, -0.15) is 4.68 Å². The van der Waals surface area contributed by atoms with E-state index >= 15 is 0 Å². The minimum absolute atomic E-state index is 0.0423. The molecule has 31 heavy (non-hydrogen) atoms. The highest BCUT2D eigenvalue weighted by molar-refractivity contribution is 6.34. The van der Waals surface area contributed by atoms with Crippen LogP contribution in [-0.4, -0.2) is 58.7 Å². The Hall–Kier alpha value is -2.72. The number of hydrogen-bond acceptors (Lipinski definition) is 7. The van der Waals surface area contributed by atoms with Crippen molar-refractivity contribution in [1.29, 1.82) is 0 Å². The standard InChI is InChI=1S/C20H25ClN4O6/c1-2-3-6-24-7-4-12(5-8-24)25-20(28)31-18(23-25)13-11-14(21)15(22-19(26)27)17-16(13)29-9-10-30-17/h11-12,22H,2-10H2,1H3,(H,26,27). The molecule has 0 radical (unpaired) electrons. The van der Waals surface area contributed by atoms with Crippen LogP contribution in [0.5, 0.6) is 11.5 Å². The molecular weight excluding hydrogens is 428 g/mol. The van der Waals surface area contributed by atoms with Crippen molar-refractivity contribution in [2.75, 3.05) is 38.2 Å². The van der Waals surface area contributed by atoms with E-state index < -0.39 is 11.8 Å². The van der Waals surface area contributed by atoms with Gasteiger partial charge in [0.2, 0.25) is 0 Å². The zero-order valence-corrected chi connectivity index (χ0v) is 18.0. The van der Waals surface area contributed by atoms with Crippen molar-refractivity contribution in [3.8, 4) is 23.0 Å². The van der Waals surface area contributed by atoms with Crippen molar-refractivity contribution in [2.45, 2.75) is 38.6 Å². The van der Waals surface area contributed by atoms with Crippen LogP contribution in [0.3, 0.4) is 0 Å². The number of nitrogens with one attached hydrogen (secondary N) is 1. The zero-order chi connectivity index (χ0) is 22.0. The molecule has 2 aromatic rings. The van der Waals surface area contributed by atoms with Crippen LogP contribution >= 0.6 is 11.6 Å². The smallest absolute Gasteiger partial charge is 0.437 e. The van der Waals surface area contributed by atoms with Gasteiger partial charge >= 0.3 is 11.8 Å². The van der Waals surface area contributed by atoms with E-state index in [-0.39, 0.29) is 47.4 Å². The largest absolute Gasteiger partial charge is 0.485 e. The molecule has 2 N–H and O–H groups in total. The lowest BCUT2D eigenvalue weighted by atomic mass is 10.1. The monoisotopic (exact) mass is 452 g/mol.